The van der Waals surface area contributed by atoms with Gasteiger partial charge in [-0.3, -0.25) is 4.79 Å². The second-order valence-electron chi connectivity index (χ2n) is 7.02. The summed E-state index contributed by atoms with van der Waals surface area (Å²) in [5, 5.41) is 5.69. The molecule has 1 unspecified atom stereocenters. The van der Waals surface area contributed by atoms with Gasteiger partial charge >= 0.3 is 6.09 Å². The fraction of sp³-hybridized carbons (Fsp3) is 0.875. The number of rotatable bonds is 6. The van der Waals surface area contributed by atoms with E-state index >= 15 is 0 Å². The molecule has 0 aromatic rings. The maximum absolute atomic E-state index is 12.0. The van der Waals surface area contributed by atoms with E-state index in [0.717, 1.165) is 12.8 Å². The summed E-state index contributed by atoms with van der Waals surface area (Å²) in [7, 11) is 0. The number of amides is 2. The molecule has 0 aliphatic heterocycles. The highest BCUT2D eigenvalue weighted by molar-refractivity contribution is 5.81. The highest BCUT2D eigenvalue weighted by Gasteiger charge is 2.20. The average Bonchev–Trinajstić information content (AvgIpc) is 2.42. The van der Waals surface area contributed by atoms with Crippen molar-refractivity contribution in [1.29, 1.82) is 0 Å². The van der Waals surface area contributed by atoms with Gasteiger partial charge < -0.3 is 21.1 Å². The molecule has 0 saturated heterocycles. The molecule has 0 spiro atoms. The van der Waals surface area contributed by atoms with E-state index < -0.39 is 17.7 Å². The molecule has 4 N–H and O–H groups in total. The second kappa shape index (κ2) is 8.98. The van der Waals surface area contributed by atoms with E-state index in [1.54, 1.807) is 0 Å². The van der Waals surface area contributed by atoms with Crippen LogP contribution >= 0.6 is 0 Å². The van der Waals surface area contributed by atoms with Crippen LogP contribution in [0.5, 0.6) is 0 Å². The molecule has 0 heterocycles. The monoisotopic (exact) mass is 313 g/mol. The summed E-state index contributed by atoms with van der Waals surface area (Å²) >= 11 is 0. The number of hydrogen-bond donors (Lipinski definition) is 3. The standard InChI is InChI=1S/C16H31N3O3/c1-16(2,3)22-15(21)18-11-7-10-13(17)14(20)19-12-8-5-4-6-9-12/h12-13H,4-11,17H2,1-3H3,(H,18,21)(H,19,20). The summed E-state index contributed by atoms with van der Waals surface area (Å²) in [4.78, 5) is 23.4. The largest absolute Gasteiger partial charge is 0.444 e. The lowest BCUT2D eigenvalue weighted by molar-refractivity contribution is -0.123. The van der Waals surface area contributed by atoms with Crippen LogP contribution in [0.1, 0.15) is 65.7 Å². The molecule has 22 heavy (non-hydrogen) atoms. The molecule has 0 radical (unpaired) electrons. The van der Waals surface area contributed by atoms with Crippen molar-refractivity contribution in [3.8, 4) is 0 Å². The third-order valence-corrected chi connectivity index (χ3v) is 3.65. The van der Waals surface area contributed by atoms with Gasteiger partial charge in [-0.15, -0.1) is 0 Å². The van der Waals surface area contributed by atoms with Gasteiger partial charge in [0.05, 0.1) is 6.04 Å². The van der Waals surface area contributed by atoms with Crippen molar-refractivity contribution in [3.05, 3.63) is 0 Å². The summed E-state index contributed by atoms with van der Waals surface area (Å²) < 4.78 is 5.13. The topological polar surface area (TPSA) is 93.4 Å². The number of hydrogen-bond acceptors (Lipinski definition) is 4. The average molecular weight is 313 g/mol. The van der Waals surface area contributed by atoms with Gasteiger partial charge in [-0.05, 0) is 46.5 Å². The van der Waals surface area contributed by atoms with E-state index in [-0.39, 0.29) is 11.9 Å². The first-order valence-corrected chi connectivity index (χ1v) is 8.31. The molecule has 1 aliphatic rings. The Labute approximate surface area is 133 Å². The quantitative estimate of drug-likeness (QED) is 0.654. The first-order chi connectivity index (χ1) is 10.3. The number of alkyl carbamates (subject to hydrolysis) is 1. The normalized spacial score (nSPS) is 17.6. The van der Waals surface area contributed by atoms with Gasteiger partial charge in [-0.25, -0.2) is 4.79 Å². The Balaban J connectivity index is 2.13. The van der Waals surface area contributed by atoms with Gasteiger partial charge in [0.2, 0.25) is 5.91 Å². The summed E-state index contributed by atoms with van der Waals surface area (Å²) in [6.07, 6.45) is 6.49. The number of ether oxygens (including phenoxy) is 1. The Morgan fingerprint density at radius 2 is 1.86 bits per heavy atom. The zero-order chi connectivity index (χ0) is 16.6. The number of carbonyl (C=O) groups excluding carboxylic acids is 2. The number of carbonyl (C=O) groups is 2. The lowest BCUT2D eigenvalue weighted by Gasteiger charge is -2.24. The fourth-order valence-corrected chi connectivity index (χ4v) is 2.51. The molecule has 6 nitrogen and oxygen atoms in total. The number of nitrogens with two attached hydrogens (primary N) is 1. The van der Waals surface area contributed by atoms with Crippen molar-refractivity contribution in [2.75, 3.05) is 6.54 Å². The van der Waals surface area contributed by atoms with E-state index in [9.17, 15) is 9.59 Å². The van der Waals surface area contributed by atoms with Crippen LogP contribution in [-0.2, 0) is 9.53 Å². The predicted octanol–water partition coefficient (Wildman–Crippen LogP) is 2.07. The Morgan fingerprint density at radius 1 is 1.23 bits per heavy atom. The minimum atomic E-state index is -0.512. The molecule has 0 aromatic heterocycles. The highest BCUT2D eigenvalue weighted by Crippen LogP contribution is 2.17. The minimum absolute atomic E-state index is 0.0795. The molecular formula is C16H31N3O3. The maximum Gasteiger partial charge on any atom is 0.407 e. The van der Waals surface area contributed by atoms with Gasteiger partial charge in [0.25, 0.3) is 0 Å². The first kappa shape index (κ1) is 18.7. The van der Waals surface area contributed by atoms with Crippen molar-refractivity contribution in [3.63, 3.8) is 0 Å². The Bertz CT molecular complexity index is 360. The van der Waals surface area contributed by atoms with Crippen LogP contribution in [0.4, 0.5) is 4.79 Å². The Hall–Kier alpha value is -1.30. The van der Waals surface area contributed by atoms with Crippen LogP contribution in [0, 0.1) is 0 Å². The van der Waals surface area contributed by atoms with E-state index in [2.05, 4.69) is 10.6 Å². The third-order valence-electron chi connectivity index (χ3n) is 3.65. The van der Waals surface area contributed by atoms with Crippen molar-refractivity contribution in [2.45, 2.75) is 83.4 Å². The molecule has 128 valence electrons. The molecule has 0 bridgehead atoms. The van der Waals surface area contributed by atoms with E-state index in [4.69, 9.17) is 10.5 Å². The highest BCUT2D eigenvalue weighted by atomic mass is 16.6. The summed E-state index contributed by atoms with van der Waals surface area (Å²) in [5.74, 6) is -0.0795. The SMILES string of the molecule is CC(C)(C)OC(=O)NCCCC(N)C(=O)NC1CCCCC1. The van der Waals surface area contributed by atoms with Gasteiger partial charge in [0.1, 0.15) is 5.60 Å². The summed E-state index contributed by atoms with van der Waals surface area (Å²) in [6.45, 7) is 5.91. The van der Waals surface area contributed by atoms with Crippen molar-refractivity contribution >= 4 is 12.0 Å². The van der Waals surface area contributed by atoms with E-state index in [1.165, 1.54) is 19.3 Å². The number of nitrogens with one attached hydrogen (secondary N) is 2. The molecule has 1 rings (SSSR count). The van der Waals surface area contributed by atoms with E-state index in [1.807, 2.05) is 20.8 Å². The van der Waals surface area contributed by atoms with Gasteiger partial charge in [0.15, 0.2) is 0 Å². The molecule has 1 atom stereocenters. The van der Waals surface area contributed by atoms with Crippen LogP contribution in [0.3, 0.4) is 0 Å². The molecule has 1 saturated carbocycles. The lowest BCUT2D eigenvalue weighted by Crippen LogP contribution is -2.46. The Morgan fingerprint density at radius 3 is 2.45 bits per heavy atom. The maximum atomic E-state index is 12.0. The molecule has 1 aliphatic carbocycles. The summed E-state index contributed by atoms with van der Waals surface area (Å²) in [5.41, 5.74) is 5.40. The zero-order valence-electron chi connectivity index (χ0n) is 14.1. The smallest absolute Gasteiger partial charge is 0.407 e. The second-order valence-corrected chi connectivity index (χ2v) is 7.02. The predicted molar refractivity (Wildman–Crippen MR) is 86.5 cm³/mol. The van der Waals surface area contributed by atoms with Crippen molar-refractivity contribution < 1.29 is 14.3 Å². The fourth-order valence-electron chi connectivity index (χ4n) is 2.51. The van der Waals surface area contributed by atoms with Crippen LogP contribution in [0.2, 0.25) is 0 Å². The third kappa shape index (κ3) is 8.22. The Kier molecular flexibility index (Phi) is 7.65. The molecule has 6 heteroatoms. The van der Waals surface area contributed by atoms with Crippen LogP contribution in [0.25, 0.3) is 0 Å². The minimum Gasteiger partial charge on any atom is -0.444 e. The van der Waals surface area contributed by atoms with Crippen LogP contribution in [-0.4, -0.2) is 36.2 Å². The van der Waals surface area contributed by atoms with Gasteiger partial charge in [0, 0.05) is 12.6 Å². The lowest BCUT2D eigenvalue weighted by atomic mass is 9.95. The van der Waals surface area contributed by atoms with Gasteiger partial charge in [-0.2, -0.15) is 0 Å². The zero-order valence-corrected chi connectivity index (χ0v) is 14.1. The molecular weight excluding hydrogens is 282 g/mol. The molecule has 0 aromatic carbocycles. The van der Waals surface area contributed by atoms with Gasteiger partial charge in [-0.1, -0.05) is 19.3 Å². The van der Waals surface area contributed by atoms with Crippen molar-refractivity contribution in [1.82, 2.24) is 10.6 Å². The summed E-state index contributed by atoms with van der Waals surface area (Å²) in [6, 6.07) is -0.227. The van der Waals surface area contributed by atoms with E-state index in [0.29, 0.717) is 19.4 Å². The van der Waals surface area contributed by atoms with Crippen LogP contribution < -0.4 is 16.4 Å². The van der Waals surface area contributed by atoms with Crippen LogP contribution in [0.15, 0.2) is 0 Å². The molecule has 1 fully saturated rings. The first-order valence-electron chi connectivity index (χ1n) is 8.31. The molecule has 2 amide bonds. The van der Waals surface area contributed by atoms with Crippen molar-refractivity contribution in [2.24, 2.45) is 5.73 Å².